The summed E-state index contributed by atoms with van der Waals surface area (Å²) >= 11 is 0. The van der Waals surface area contributed by atoms with Crippen LogP contribution in [0.5, 0.6) is 0 Å². The number of hydrogen-bond acceptors (Lipinski definition) is 5. The molecule has 0 amide bonds. The zero-order valence-corrected chi connectivity index (χ0v) is 12.7. The molecule has 0 saturated carbocycles. The fraction of sp³-hybridized carbons (Fsp3) is 0.600. The van der Waals surface area contributed by atoms with Crippen LogP contribution in [0.1, 0.15) is 25.5 Å². The van der Waals surface area contributed by atoms with Crippen molar-refractivity contribution in [2.75, 3.05) is 31.1 Å². The largest absolute Gasteiger partial charge is 0.458 e. The van der Waals surface area contributed by atoms with Crippen LogP contribution in [0.3, 0.4) is 0 Å². The van der Waals surface area contributed by atoms with E-state index in [1.807, 2.05) is 19.1 Å². The van der Waals surface area contributed by atoms with Crippen molar-refractivity contribution >= 4 is 5.95 Å². The number of H-pyrrole nitrogens is 1. The summed E-state index contributed by atoms with van der Waals surface area (Å²) in [7, 11) is 0. The predicted molar refractivity (Wildman–Crippen MR) is 82.3 cm³/mol. The van der Waals surface area contributed by atoms with Crippen molar-refractivity contribution in [3.05, 3.63) is 17.9 Å². The summed E-state index contributed by atoms with van der Waals surface area (Å²) in [5.41, 5.74) is 0. The van der Waals surface area contributed by atoms with E-state index in [-0.39, 0.29) is 0 Å². The van der Waals surface area contributed by atoms with Crippen LogP contribution in [0.25, 0.3) is 11.6 Å². The molecule has 1 saturated heterocycles. The van der Waals surface area contributed by atoms with Gasteiger partial charge in [0.05, 0.1) is 0 Å². The first kappa shape index (κ1) is 14.1. The maximum Gasteiger partial charge on any atom is 0.245 e. The molecule has 1 fully saturated rings. The zero-order chi connectivity index (χ0) is 14.7. The summed E-state index contributed by atoms with van der Waals surface area (Å²) in [6, 6.07) is 3.85. The SMILES string of the molecule is CCNCC1CCN(c2n[nH]c(-c3ccc(C)o3)n2)CC1. The number of anilines is 1. The van der Waals surface area contributed by atoms with Crippen molar-refractivity contribution in [1.29, 1.82) is 0 Å². The molecule has 0 unspecified atom stereocenters. The summed E-state index contributed by atoms with van der Waals surface area (Å²) in [5, 5.41) is 10.7. The monoisotopic (exact) mass is 289 g/mol. The van der Waals surface area contributed by atoms with Crippen molar-refractivity contribution in [3.8, 4) is 11.6 Å². The maximum absolute atomic E-state index is 5.57. The number of rotatable bonds is 5. The van der Waals surface area contributed by atoms with Gasteiger partial charge in [0.2, 0.25) is 5.95 Å². The molecule has 2 aromatic heterocycles. The van der Waals surface area contributed by atoms with Crippen LogP contribution in [-0.2, 0) is 0 Å². The molecule has 2 N–H and O–H groups in total. The number of furan rings is 1. The highest BCUT2D eigenvalue weighted by Gasteiger charge is 2.22. The smallest absolute Gasteiger partial charge is 0.245 e. The third-order valence-electron chi connectivity index (χ3n) is 4.03. The summed E-state index contributed by atoms with van der Waals surface area (Å²) in [5.74, 6) is 3.88. The first-order valence-corrected chi connectivity index (χ1v) is 7.71. The van der Waals surface area contributed by atoms with Crippen LogP contribution < -0.4 is 10.2 Å². The molecule has 0 aliphatic carbocycles. The Morgan fingerprint density at radius 3 is 2.86 bits per heavy atom. The lowest BCUT2D eigenvalue weighted by molar-refractivity contribution is 0.384. The summed E-state index contributed by atoms with van der Waals surface area (Å²) in [4.78, 5) is 6.80. The Morgan fingerprint density at radius 1 is 1.38 bits per heavy atom. The quantitative estimate of drug-likeness (QED) is 0.883. The van der Waals surface area contributed by atoms with Gasteiger partial charge in [0.25, 0.3) is 0 Å². The Hall–Kier alpha value is -1.82. The normalized spacial score (nSPS) is 16.6. The van der Waals surface area contributed by atoms with E-state index in [1.54, 1.807) is 0 Å². The molecule has 3 heterocycles. The third kappa shape index (κ3) is 3.26. The topological polar surface area (TPSA) is 70.0 Å². The van der Waals surface area contributed by atoms with Gasteiger partial charge in [-0.05, 0) is 50.9 Å². The minimum absolute atomic E-state index is 0.702. The molecule has 21 heavy (non-hydrogen) atoms. The van der Waals surface area contributed by atoms with Crippen LogP contribution in [0.2, 0.25) is 0 Å². The molecular formula is C15H23N5O. The maximum atomic E-state index is 5.57. The first-order chi connectivity index (χ1) is 10.3. The molecule has 0 aromatic carbocycles. The fourth-order valence-electron chi connectivity index (χ4n) is 2.75. The van der Waals surface area contributed by atoms with Gasteiger partial charge in [-0.1, -0.05) is 6.92 Å². The number of piperidine rings is 1. The second-order valence-electron chi connectivity index (χ2n) is 5.63. The lowest BCUT2D eigenvalue weighted by Crippen LogP contribution is -2.37. The molecule has 6 heteroatoms. The molecule has 114 valence electrons. The van der Waals surface area contributed by atoms with Gasteiger partial charge in [-0.15, -0.1) is 5.10 Å². The molecule has 0 atom stereocenters. The molecule has 6 nitrogen and oxygen atoms in total. The van der Waals surface area contributed by atoms with Crippen molar-refractivity contribution < 1.29 is 4.42 Å². The highest BCUT2D eigenvalue weighted by molar-refractivity contribution is 5.49. The Balaban J connectivity index is 1.60. The molecule has 0 bridgehead atoms. The lowest BCUT2D eigenvalue weighted by atomic mass is 9.97. The van der Waals surface area contributed by atoms with Crippen LogP contribution in [0.4, 0.5) is 5.95 Å². The molecule has 3 rings (SSSR count). The standard InChI is InChI=1S/C15H23N5O/c1-3-16-10-12-6-8-20(9-7-12)15-17-14(18-19-15)13-5-4-11(2)21-13/h4-5,12,16H,3,6-10H2,1-2H3,(H,17,18,19). The van der Waals surface area contributed by atoms with E-state index in [9.17, 15) is 0 Å². The summed E-state index contributed by atoms with van der Waals surface area (Å²) < 4.78 is 5.57. The number of aromatic nitrogens is 3. The van der Waals surface area contributed by atoms with E-state index < -0.39 is 0 Å². The number of aryl methyl sites for hydroxylation is 1. The van der Waals surface area contributed by atoms with Crippen LogP contribution >= 0.6 is 0 Å². The van der Waals surface area contributed by atoms with Crippen LogP contribution in [0, 0.1) is 12.8 Å². The average molecular weight is 289 g/mol. The Morgan fingerprint density at radius 2 is 2.19 bits per heavy atom. The third-order valence-corrected chi connectivity index (χ3v) is 4.03. The van der Waals surface area contributed by atoms with E-state index in [0.717, 1.165) is 49.6 Å². The number of hydrogen-bond donors (Lipinski definition) is 2. The van der Waals surface area contributed by atoms with Crippen LogP contribution in [-0.4, -0.2) is 41.4 Å². The highest BCUT2D eigenvalue weighted by atomic mass is 16.3. The summed E-state index contributed by atoms with van der Waals surface area (Å²) in [6.45, 7) is 8.29. The van der Waals surface area contributed by atoms with Gasteiger partial charge >= 0.3 is 0 Å². The van der Waals surface area contributed by atoms with Crippen molar-refractivity contribution in [3.63, 3.8) is 0 Å². The van der Waals surface area contributed by atoms with Gasteiger partial charge in [-0.25, -0.2) is 0 Å². The van der Waals surface area contributed by atoms with Crippen molar-refractivity contribution in [2.45, 2.75) is 26.7 Å². The van der Waals surface area contributed by atoms with Gasteiger partial charge in [0.15, 0.2) is 11.6 Å². The van der Waals surface area contributed by atoms with Gasteiger partial charge in [0, 0.05) is 13.1 Å². The molecule has 0 radical (unpaired) electrons. The Kier molecular flexibility index (Phi) is 4.24. The fourth-order valence-corrected chi connectivity index (χ4v) is 2.75. The molecule has 1 aliphatic heterocycles. The molecule has 2 aromatic rings. The van der Waals surface area contributed by atoms with E-state index >= 15 is 0 Å². The van der Waals surface area contributed by atoms with E-state index in [1.165, 1.54) is 12.8 Å². The highest BCUT2D eigenvalue weighted by Crippen LogP contribution is 2.23. The molecular weight excluding hydrogens is 266 g/mol. The zero-order valence-electron chi connectivity index (χ0n) is 12.7. The number of nitrogens with one attached hydrogen (secondary N) is 2. The number of nitrogens with zero attached hydrogens (tertiary/aromatic N) is 3. The van der Waals surface area contributed by atoms with Crippen molar-refractivity contribution in [2.24, 2.45) is 5.92 Å². The molecule has 1 aliphatic rings. The van der Waals surface area contributed by atoms with Crippen molar-refractivity contribution in [1.82, 2.24) is 20.5 Å². The predicted octanol–water partition coefficient (Wildman–Crippen LogP) is 2.20. The number of aromatic amines is 1. The van der Waals surface area contributed by atoms with Gasteiger partial charge in [-0.2, -0.15) is 4.98 Å². The van der Waals surface area contributed by atoms with Gasteiger partial charge in [-0.3, -0.25) is 5.10 Å². The second-order valence-corrected chi connectivity index (χ2v) is 5.63. The Bertz CT molecular complexity index is 568. The lowest BCUT2D eigenvalue weighted by Gasteiger charge is -2.31. The van der Waals surface area contributed by atoms with Crippen LogP contribution in [0.15, 0.2) is 16.5 Å². The van der Waals surface area contributed by atoms with E-state index in [2.05, 4.69) is 32.3 Å². The average Bonchev–Trinajstić information content (AvgIpc) is 3.14. The summed E-state index contributed by atoms with van der Waals surface area (Å²) in [6.07, 6.45) is 2.38. The first-order valence-electron chi connectivity index (χ1n) is 7.71. The van der Waals surface area contributed by atoms with Gasteiger partial charge < -0.3 is 14.6 Å². The van der Waals surface area contributed by atoms with E-state index in [0.29, 0.717) is 5.82 Å². The molecule has 0 spiro atoms. The van der Waals surface area contributed by atoms with E-state index in [4.69, 9.17) is 4.42 Å². The minimum atomic E-state index is 0.702. The second kappa shape index (κ2) is 6.30. The minimum Gasteiger partial charge on any atom is -0.458 e. The Labute approximate surface area is 124 Å². The van der Waals surface area contributed by atoms with Gasteiger partial charge in [0.1, 0.15) is 5.76 Å².